The van der Waals surface area contributed by atoms with Gasteiger partial charge in [0, 0.05) is 30.1 Å². The average Bonchev–Trinajstić information content (AvgIpc) is 2.97. The van der Waals surface area contributed by atoms with Crippen molar-refractivity contribution in [3.05, 3.63) is 42.2 Å². The first-order chi connectivity index (χ1) is 12.4. The van der Waals surface area contributed by atoms with Crippen molar-refractivity contribution in [3.8, 4) is 5.75 Å². The van der Waals surface area contributed by atoms with Crippen molar-refractivity contribution in [1.82, 2.24) is 4.90 Å². The van der Waals surface area contributed by atoms with Gasteiger partial charge < -0.3 is 19.2 Å². The van der Waals surface area contributed by atoms with Crippen LogP contribution in [-0.2, 0) is 4.79 Å². The molecule has 6 heteroatoms. The molecule has 0 spiro atoms. The lowest BCUT2D eigenvalue weighted by molar-refractivity contribution is -0.151. The first-order valence-corrected chi connectivity index (χ1v) is 8.62. The Kier molecular flexibility index (Phi) is 4.76. The molecule has 3 rings (SSSR count). The number of rotatable bonds is 5. The molecule has 0 aliphatic carbocycles. The molecule has 1 aliphatic heterocycles. The molecule has 1 aromatic heterocycles. The van der Waals surface area contributed by atoms with Gasteiger partial charge in [-0.2, -0.15) is 0 Å². The van der Waals surface area contributed by atoms with Crippen LogP contribution in [-0.4, -0.2) is 42.1 Å². The van der Waals surface area contributed by atoms with Crippen LogP contribution in [0.2, 0.25) is 0 Å². The molecule has 26 heavy (non-hydrogen) atoms. The third-order valence-corrected chi connectivity index (χ3v) is 5.19. The summed E-state index contributed by atoms with van der Waals surface area (Å²) in [6.07, 6.45) is 3.12. The molecule has 1 N–H and O–H groups in total. The average molecular weight is 357 g/mol. The molecule has 0 bridgehead atoms. The molecule has 1 atom stereocenters. The van der Waals surface area contributed by atoms with Gasteiger partial charge in [0.05, 0.1) is 12.5 Å². The quantitative estimate of drug-likeness (QED) is 0.827. The first kappa shape index (κ1) is 18.0. The highest BCUT2D eigenvalue weighted by molar-refractivity contribution is 5.99. The lowest BCUT2D eigenvalue weighted by Crippen LogP contribution is -2.49. The normalized spacial score (nSPS) is 20.2. The Morgan fingerprint density at radius 1 is 1.46 bits per heavy atom. The van der Waals surface area contributed by atoms with E-state index in [-0.39, 0.29) is 18.2 Å². The van der Waals surface area contributed by atoms with Gasteiger partial charge >= 0.3 is 5.97 Å². The maximum Gasteiger partial charge on any atom is 0.311 e. The van der Waals surface area contributed by atoms with Crippen LogP contribution in [0.15, 0.2) is 35.3 Å². The SMILES string of the molecule is C=CCC1(C(=O)O)CCCN(C(=O)c2oc3cc(OC)ccc3c2C)C1. The number of ether oxygens (including phenoxy) is 1. The number of nitrogens with zero attached hydrogens (tertiary/aromatic N) is 1. The second-order valence-corrected chi connectivity index (χ2v) is 6.83. The van der Waals surface area contributed by atoms with Gasteiger partial charge in [-0.05, 0) is 38.3 Å². The number of carboxylic acids is 1. The molecule has 1 unspecified atom stereocenters. The van der Waals surface area contributed by atoms with Gasteiger partial charge in [0.1, 0.15) is 11.3 Å². The number of piperidine rings is 1. The van der Waals surface area contributed by atoms with Crippen LogP contribution >= 0.6 is 0 Å². The highest BCUT2D eigenvalue weighted by atomic mass is 16.5. The fourth-order valence-electron chi connectivity index (χ4n) is 3.69. The zero-order valence-electron chi connectivity index (χ0n) is 15.1. The molecule has 138 valence electrons. The number of aliphatic carboxylic acids is 1. The molecule has 1 aliphatic rings. The van der Waals surface area contributed by atoms with Crippen molar-refractivity contribution in [1.29, 1.82) is 0 Å². The molecule has 1 saturated heterocycles. The van der Waals surface area contributed by atoms with Crippen molar-refractivity contribution in [2.45, 2.75) is 26.2 Å². The first-order valence-electron chi connectivity index (χ1n) is 8.62. The number of methoxy groups -OCH3 is 1. The highest BCUT2D eigenvalue weighted by Gasteiger charge is 2.43. The van der Waals surface area contributed by atoms with Gasteiger partial charge in [-0.3, -0.25) is 9.59 Å². The maximum atomic E-state index is 13.0. The van der Waals surface area contributed by atoms with Crippen LogP contribution in [0.1, 0.15) is 35.4 Å². The predicted octanol–water partition coefficient (Wildman–Crippen LogP) is 3.63. The van der Waals surface area contributed by atoms with E-state index in [2.05, 4.69) is 6.58 Å². The number of hydrogen-bond donors (Lipinski definition) is 1. The van der Waals surface area contributed by atoms with E-state index >= 15 is 0 Å². The molecule has 2 heterocycles. The minimum Gasteiger partial charge on any atom is -0.497 e. The Morgan fingerprint density at radius 3 is 2.88 bits per heavy atom. The number of carboxylic acid groups (broad SMARTS) is 1. The van der Waals surface area contributed by atoms with Crippen molar-refractivity contribution in [3.63, 3.8) is 0 Å². The van der Waals surface area contributed by atoms with E-state index in [1.54, 1.807) is 24.2 Å². The van der Waals surface area contributed by atoms with Gasteiger partial charge in [-0.1, -0.05) is 6.08 Å². The zero-order valence-corrected chi connectivity index (χ0v) is 15.1. The minimum absolute atomic E-state index is 0.160. The molecular formula is C20H23NO5. The summed E-state index contributed by atoms with van der Waals surface area (Å²) in [4.78, 5) is 26.5. The topological polar surface area (TPSA) is 80.0 Å². The summed E-state index contributed by atoms with van der Waals surface area (Å²) >= 11 is 0. The second kappa shape index (κ2) is 6.86. The summed E-state index contributed by atoms with van der Waals surface area (Å²) in [6, 6.07) is 5.42. The van der Waals surface area contributed by atoms with Crippen molar-refractivity contribution in [2.24, 2.45) is 5.41 Å². The summed E-state index contributed by atoms with van der Waals surface area (Å²) in [5.74, 6) is -0.250. The van der Waals surface area contributed by atoms with Crippen molar-refractivity contribution >= 4 is 22.8 Å². The number of carbonyl (C=O) groups excluding carboxylic acids is 1. The molecular weight excluding hydrogens is 334 g/mol. The standard InChI is InChI=1S/C20H23NO5/c1-4-8-20(19(23)24)9-5-10-21(12-20)18(22)17-13(2)15-7-6-14(25-3)11-16(15)26-17/h4,6-7,11H,1,5,8-10,12H2,2-3H3,(H,23,24). The lowest BCUT2D eigenvalue weighted by Gasteiger charge is -2.39. The number of fused-ring (bicyclic) bond motifs is 1. The summed E-state index contributed by atoms with van der Waals surface area (Å²) < 4.78 is 11.0. The van der Waals surface area contributed by atoms with Gasteiger partial charge in [-0.25, -0.2) is 0 Å². The Hall–Kier alpha value is -2.76. The molecule has 1 fully saturated rings. The van der Waals surface area contributed by atoms with Gasteiger partial charge in [-0.15, -0.1) is 6.58 Å². The number of amides is 1. The second-order valence-electron chi connectivity index (χ2n) is 6.83. The largest absolute Gasteiger partial charge is 0.497 e. The molecule has 6 nitrogen and oxygen atoms in total. The number of hydrogen-bond acceptors (Lipinski definition) is 4. The van der Waals surface area contributed by atoms with Crippen molar-refractivity contribution in [2.75, 3.05) is 20.2 Å². The Labute approximate surface area is 152 Å². The number of benzene rings is 1. The number of aryl methyl sites for hydroxylation is 1. The Bertz CT molecular complexity index is 868. The van der Waals surface area contributed by atoms with Crippen molar-refractivity contribution < 1.29 is 23.8 Å². The highest BCUT2D eigenvalue weighted by Crippen LogP contribution is 2.36. The number of furan rings is 1. The molecule has 0 radical (unpaired) electrons. The fraction of sp³-hybridized carbons (Fsp3) is 0.400. The van der Waals surface area contributed by atoms with Crippen LogP contribution in [0, 0.1) is 12.3 Å². The third kappa shape index (κ3) is 2.96. The van der Waals surface area contributed by atoms with E-state index in [1.165, 1.54) is 0 Å². The monoisotopic (exact) mass is 357 g/mol. The maximum absolute atomic E-state index is 13.0. The van der Waals surface area contributed by atoms with Crippen LogP contribution in [0.25, 0.3) is 11.0 Å². The smallest absolute Gasteiger partial charge is 0.311 e. The lowest BCUT2D eigenvalue weighted by atomic mass is 9.77. The van der Waals surface area contributed by atoms with Crippen LogP contribution in [0.4, 0.5) is 0 Å². The van der Waals surface area contributed by atoms with E-state index in [9.17, 15) is 14.7 Å². The predicted molar refractivity (Wildman–Crippen MR) is 97.5 cm³/mol. The summed E-state index contributed by atoms with van der Waals surface area (Å²) in [5, 5.41) is 10.5. The van der Waals surface area contributed by atoms with E-state index in [0.29, 0.717) is 37.1 Å². The zero-order chi connectivity index (χ0) is 18.9. The number of allylic oxidation sites excluding steroid dienone is 1. The number of carbonyl (C=O) groups is 2. The van der Waals surface area contributed by atoms with E-state index < -0.39 is 11.4 Å². The third-order valence-electron chi connectivity index (χ3n) is 5.19. The molecule has 0 saturated carbocycles. The fourth-order valence-corrected chi connectivity index (χ4v) is 3.69. The van der Waals surface area contributed by atoms with Gasteiger partial charge in [0.2, 0.25) is 0 Å². The summed E-state index contributed by atoms with van der Waals surface area (Å²) in [7, 11) is 1.57. The Balaban J connectivity index is 1.93. The summed E-state index contributed by atoms with van der Waals surface area (Å²) in [5.41, 5.74) is 0.361. The van der Waals surface area contributed by atoms with Crippen LogP contribution in [0.3, 0.4) is 0 Å². The summed E-state index contributed by atoms with van der Waals surface area (Å²) in [6.45, 7) is 6.19. The van der Waals surface area contributed by atoms with Gasteiger partial charge in [0.25, 0.3) is 5.91 Å². The minimum atomic E-state index is -0.973. The molecule has 2 aromatic rings. The Morgan fingerprint density at radius 2 is 2.23 bits per heavy atom. The van der Waals surface area contributed by atoms with Crippen LogP contribution in [0.5, 0.6) is 5.75 Å². The number of likely N-dealkylation sites (tertiary alicyclic amines) is 1. The van der Waals surface area contributed by atoms with Crippen LogP contribution < -0.4 is 4.74 Å². The molecule has 1 aromatic carbocycles. The van der Waals surface area contributed by atoms with E-state index in [4.69, 9.17) is 9.15 Å². The van der Waals surface area contributed by atoms with E-state index in [1.807, 2.05) is 19.1 Å². The van der Waals surface area contributed by atoms with Gasteiger partial charge in [0.15, 0.2) is 5.76 Å². The van der Waals surface area contributed by atoms with E-state index in [0.717, 1.165) is 10.9 Å². The molecule has 1 amide bonds.